The van der Waals surface area contributed by atoms with Gasteiger partial charge in [0.05, 0.1) is 11.5 Å². The monoisotopic (exact) mass is 307 g/mol. The predicted octanol–water partition coefficient (Wildman–Crippen LogP) is 4.15. The molecule has 0 unspecified atom stereocenters. The number of nitrogens with zero attached hydrogens (tertiary/aromatic N) is 1. The number of halogens is 1. The molecule has 2 rings (SSSR count). The van der Waals surface area contributed by atoms with Crippen LogP contribution in [0.2, 0.25) is 5.02 Å². The zero-order valence-electron chi connectivity index (χ0n) is 11.6. The molecule has 5 nitrogen and oxygen atoms in total. The molecule has 0 aromatic heterocycles. The molecule has 110 valence electrons. The number of hydrogen-bond acceptors (Lipinski definition) is 4. The van der Waals surface area contributed by atoms with Crippen LogP contribution in [0.1, 0.15) is 16.7 Å². The predicted molar refractivity (Wildman–Crippen MR) is 80.0 cm³/mol. The smallest absolute Gasteiger partial charge is 0.270 e. The molecule has 2 aromatic carbocycles. The fraction of sp³-hybridized carbons (Fsp3) is 0.200. The van der Waals surface area contributed by atoms with Gasteiger partial charge in [0.15, 0.2) is 0 Å². The van der Waals surface area contributed by atoms with Gasteiger partial charge < -0.3 is 9.84 Å². The minimum atomic E-state index is -0.514. The number of hydrogen-bond donors (Lipinski definition) is 1. The number of aryl methyl sites for hydroxylation is 2. The number of rotatable bonds is 4. The highest BCUT2D eigenvalue weighted by molar-refractivity contribution is 6.32. The van der Waals surface area contributed by atoms with E-state index in [4.69, 9.17) is 16.3 Å². The van der Waals surface area contributed by atoms with Crippen molar-refractivity contribution in [1.29, 1.82) is 0 Å². The van der Waals surface area contributed by atoms with Crippen LogP contribution < -0.4 is 4.74 Å². The number of nitro groups is 1. The topological polar surface area (TPSA) is 72.6 Å². The fourth-order valence-electron chi connectivity index (χ4n) is 1.99. The van der Waals surface area contributed by atoms with Gasteiger partial charge in [-0.15, -0.1) is 0 Å². The van der Waals surface area contributed by atoms with Gasteiger partial charge in [-0.05, 0) is 43.2 Å². The van der Waals surface area contributed by atoms with E-state index in [1.165, 1.54) is 18.2 Å². The van der Waals surface area contributed by atoms with Crippen molar-refractivity contribution in [2.75, 3.05) is 0 Å². The van der Waals surface area contributed by atoms with E-state index in [-0.39, 0.29) is 12.3 Å². The SMILES string of the molecule is Cc1cc(Oc2ccc([N+](=O)[O-])cc2CO)cc(C)c1Cl. The zero-order chi connectivity index (χ0) is 15.6. The average Bonchev–Trinajstić information content (AvgIpc) is 2.44. The van der Waals surface area contributed by atoms with Crippen molar-refractivity contribution in [2.24, 2.45) is 0 Å². The number of aliphatic hydroxyl groups excluding tert-OH is 1. The van der Waals surface area contributed by atoms with Crippen LogP contribution >= 0.6 is 11.6 Å². The molecule has 0 aliphatic heterocycles. The summed E-state index contributed by atoms with van der Waals surface area (Å²) in [5, 5.41) is 20.7. The Kier molecular flexibility index (Phi) is 4.45. The van der Waals surface area contributed by atoms with Gasteiger partial charge in [0.1, 0.15) is 11.5 Å². The molecule has 0 saturated carbocycles. The summed E-state index contributed by atoms with van der Waals surface area (Å²) in [7, 11) is 0. The van der Waals surface area contributed by atoms with Crippen LogP contribution in [-0.4, -0.2) is 10.0 Å². The molecule has 21 heavy (non-hydrogen) atoms. The van der Waals surface area contributed by atoms with Crippen molar-refractivity contribution < 1.29 is 14.8 Å². The first-order valence-electron chi connectivity index (χ1n) is 6.25. The summed E-state index contributed by atoms with van der Waals surface area (Å²) in [4.78, 5) is 10.2. The standard InChI is InChI=1S/C15H14ClNO4/c1-9-5-13(6-10(2)15(9)16)21-14-4-3-12(17(19)20)7-11(14)8-18/h3-7,18H,8H2,1-2H3. The number of benzene rings is 2. The van der Waals surface area contributed by atoms with Gasteiger partial charge in [-0.25, -0.2) is 0 Å². The second-order valence-electron chi connectivity index (χ2n) is 4.68. The molecule has 0 radical (unpaired) electrons. The van der Waals surface area contributed by atoms with Gasteiger partial charge in [0.25, 0.3) is 5.69 Å². The molecule has 0 aliphatic carbocycles. The summed E-state index contributed by atoms with van der Waals surface area (Å²) >= 11 is 6.10. The lowest BCUT2D eigenvalue weighted by Crippen LogP contribution is -1.96. The van der Waals surface area contributed by atoms with Crippen LogP contribution in [0, 0.1) is 24.0 Å². The highest BCUT2D eigenvalue weighted by Gasteiger charge is 2.12. The molecule has 2 aromatic rings. The van der Waals surface area contributed by atoms with E-state index in [0.29, 0.717) is 22.1 Å². The Hall–Kier alpha value is -2.11. The van der Waals surface area contributed by atoms with Gasteiger partial charge in [-0.2, -0.15) is 0 Å². The normalized spacial score (nSPS) is 10.5. The van der Waals surface area contributed by atoms with E-state index in [0.717, 1.165) is 11.1 Å². The van der Waals surface area contributed by atoms with Crippen LogP contribution in [0.3, 0.4) is 0 Å². The van der Waals surface area contributed by atoms with Crippen molar-refractivity contribution in [3.8, 4) is 11.5 Å². The summed E-state index contributed by atoms with van der Waals surface area (Å²) in [6.07, 6.45) is 0. The lowest BCUT2D eigenvalue weighted by Gasteiger charge is -2.12. The van der Waals surface area contributed by atoms with Crippen molar-refractivity contribution in [2.45, 2.75) is 20.5 Å². The molecule has 0 atom stereocenters. The lowest BCUT2D eigenvalue weighted by molar-refractivity contribution is -0.385. The minimum Gasteiger partial charge on any atom is -0.457 e. The van der Waals surface area contributed by atoms with Crippen LogP contribution in [-0.2, 0) is 6.61 Å². The number of ether oxygens (including phenoxy) is 1. The van der Waals surface area contributed by atoms with Crippen molar-refractivity contribution in [3.63, 3.8) is 0 Å². The van der Waals surface area contributed by atoms with Crippen molar-refractivity contribution >= 4 is 17.3 Å². The van der Waals surface area contributed by atoms with Crippen LogP contribution in [0.5, 0.6) is 11.5 Å². The number of aliphatic hydroxyl groups is 1. The molecule has 6 heteroatoms. The lowest BCUT2D eigenvalue weighted by atomic mass is 10.1. The fourth-order valence-corrected chi connectivity index (χ4v) is 2.10. The first-order valence-corrected chi connectivity index (χ1v) is 6.63. The van der Waals surface area contributed by atoms with Gasteiger partial charge in [-0.1, -0.05) is 11.6 Å². The maximum atomic E-state index is 10.7. The highest BCUT2D eigenvalue weighted by Crippen LogP contribution is 2.32. The van der Waals surface area contributed by atoms with E-state index >= 15 is 0 Å². The van der Waals surface area contributed by atoms with E-state index in [9.17, 15) is 15.2 Å². The highest BCUT2D eigenvalue weighted by atomic mass is 35.5. The summed E-state index contributed by atoms with van der Waals surface area (Å²) in [5.41, 5.74) is 2.02. The zero-order valence-corrected chi connectivity index (χ0v) is 12.3. The Morgan fingerprint density at radius 2 is 1.86 bits per heavy atom. The Morgan fingerprint density at radius 1 is 1.24 bits per heavy atom. The Bertz CT molecular complexity index is 677. The Morgan fingerprint density at radius 3 is 2.38 bits per heavy atom. The van der Waals surface area contributed by atoms with Crippen LogP contribution in [0.4, 0.5) is 5.69 Å². The molecular formula is C15H14ClNO4. The second kappa shape index (κ2) is 6.11. The third-order valence-electron chi connectivity index (χ3n) is 3.06. The van der Waals surface area contributed by atoms with Gasteiger partial charge in [-0.3, -0.25) is 10.1 Å². The van der Waals surface area contributed by atoms with E-state index in [2.05, 4.69) is 0 Å². The third kappa shape index (κ3) is 3.32. The molecule has 0 fully saturated rings. The quantitative estimate of drug-likeness (QED) is 0.680. The molecule has 0 aliphatic rings. The molecule has 0 heterocycles. The second-order valence-corrected chi connectivity index (χ2v) is 5.06. The maximum Gasteiger partial charge on any atom is 0.270 e. The van der Waals surface area contributed by atoms with Crippen molar-refractivity contribution in [3.05, 3.63) is 62.2 Å². The molecule has 0 saturated heterocycles. The minimum absolute atomic E-state index is 0.0881. The van der Waals surface area contributed by atoms with E-state index in [1.807, 2.05) is 13.8 Å². The number of nitro benzene ring substituents is 1. The van der Waals surface area contributed by atoms with Gasteiger partial charge in [0, 0.05) is 22.7 Å². The van der Waals surface area contributed by atoms with Crippen molar-refractivity contribution in [1.82, 2.24) is 0 Å². The van der Waals surface area contributed by atoms with Crippen LogP contribution in [0.25, 0.3) is 0 Å². The number of non-ortho nitro benzene ring substituents is 1. The van der Waals surface area contributed by atoms with E-state index in [1.54, 1.807) is 12.1 Å². The first kappa shape index (κ1) is 15.3. The van der Waals surface area contributed by atoms with E-state index < -0.39 is 4.92 Å². The third-order valence-corrected chi connectivity index (χ3v) is 3.66. The Balaban J connectivity index is 2.37. The first-order chi connectivity index (χ1) is 9.92. The molecule has 1 N–H and O–H groups in total. The maximum absolute atomic E-state index is 10.7. The van der Waals surface area contributed by atoms with Gasteiger partial charge in [0.2, 0.25) is 0 Å². The molecule has 0 bridgehead atoms. The summed E-state index contributed by atoms with van der Waals surface area (Å²) in [6.45, 7) is 3.39. The molecular weight excluding hydrogens is 294 g/mol. The Labute approximate surface area is 126 Å². The van der Waals surface area contributed by atoms with Gasteiger partial charge >= 0.3 is 0 Å². The largest absolute Gasteiger partial charge is 0.457 e. The summed E-state index contributed by atoms with van der Waals surface area (Å²) in [5.74, 6) is 0.946. The molecule has 0 spiro atoms. The summed E-state index contributed by atoms with van der Waals surface area (Å²) < 4.78 is 5.71. The average molecular weight is 308 g/mol. The van der Waals surface area contributed by atoms with Crippen LogP contribution in [0.15, 0.2) is 30.3 Å². The molecule has 0 amide bonds. The summed E-state index contributed by atoms with van der Waals surface area (Å²) in [6, 6.07) is 7.66.